The van der Waals surface area contributed by atoms with E-state index >= 15 is 0 Å². The van der Waals surface area contributed by atoms with Crippen LogP contribution in [0.4, 0.5) is 23.0 Å². The average Bonchev–Trinajstić information content (AvgIpc) is 3.01. The van der Waals surface area contributed by atoms with Crippen molar-refractivity contribution in [3.63, 3.8) is 0 Å². The number of nitrogens with zero attached hydrogens (tertiary/aromatic N) is 5. The first-order valence-electron chi connectivity index (χ1n) is 14.3. The molecule has 232 valence electrons. The highest BCUT2D eigenvalue weighted by Gasteiger charge is 2.18. The fraction of sp³-hybridized carbons (Fsp3) is 0.303. The van der Waals surface area contributed by atoms with Gasteiger partial charge in [-0.05, 0) is 57.8 Å². The number of ether oxygens (including phenoxy) is 1. The molecule has 4 rings (SSSR count). The van der Waals surface area contributed by atoms with Crippen molar-refractivity contribution in [3.8, 4) is 11.4 Å². The number of benzene rings is 2. The standard InChI is InChI=1S/C31H35N7O4.C2H6/c1-8-28(40)33-24-16-25(27(42-7)17-26(24)37(6)13-12-36(4)5)34-31-32-18-23-19(2)14-29(41)38(30(23)35-31)22-11-9-10-21(15-22)20(3)39;1-2/h8-11,14-18H,1,12-13H2,2-7H3,(H,33,40)(H,32,34,35);1-2H3. The lowest BCUT2D eigenvalue weighted by Crippen LogP contribution is -2.29. The minimum atomic E-state index is -0.359. The first-order valence-corrected chi connectivity index (χ1v) is 14.3. The molecule has 11 heteroatoms. The predicted octanol–water partition coefficient (Wildman–Crippen LogP) is 5.19. The van der Waals surface area contributed by atoms with E-state index < -0.39 is 0 Å². The first-order chi connectivity index (χ1) is 21.0. The van der Waals surface area contributed by atoms with Crippen LogP contribution in [0.2, 0.25) is 0 Å². The van der Waals surface area contributed by atoms with E-state index in [1.807, 2.05) is 52.9 Å². The molecule has 11 nitrogen and oxygen atoms in total. The summed E-state index contributed by atoms with van der Waals surface area (Å²) in [4.78, 5) is 50.8. The second-order valence-electron chi connectivity index (χ2n) is 10.2. The molecule has 0 radical (unpaired) electrons. The quantitative estimate of drug-likeness (QED) is 0.177. The Labute approximate surface area is 258 Å². The van der Waals surface area contributed by atoms with Crippen LogP contribution in [0.5, 0.6) is 5.75 Å². The molecule has 0 unspecified atom stereocenters. The van der Waals surface area contributed by atoms with Crippen molar-refractivity contribution in [3.05, 3.63) is 82.8 Å². The fourth-order valence-electron chi connectivity index (χ4n) is 4.45. The van der Waals surface area contributed by atoms with E-state index in [-0.39, 0.29) is 23.2 Å². The Bertz CT molecular complexity index is 1730. The third-order valence-corrected chi connectivity index (χ3v) is 6.78. The first kappa shape index (κ1) is 33.5. The lowest BCUT2D eigenvalue weighted by Gasteiger charge is -2.26. The van der Waals surface area contributed by atoms with Crippen LogP contribution >= 0.6 is 0 Å². The van der Waals surface area contributed by atoms with Crippen molar-refractivity contribution in [1.29, 1.82) is 0 Å². The average molecular weight is 600 g/mol. The second-order valence-corrected chi connectivity index (χ2v) is 10.2. The molecular formula is C33H41N7O4. The predicted molar refractivity (Wildman–Crippen MR) is 178 cm³/mol. The number of amides is 1. The summed E-state index contributed by atoms with van der Waals surface area (Å²) in [5.41, 5.74) is 3.59. The van der Waals surface area contributed by atoms with Gasteiger partial charge in [-0.25, -0.2) is 4.98 Å². The number of carbonyl (C=O) groups is 2. The van der Waals surface area contributed by atoms with Crippen molar-refractivity contribution in [2.75, 3.05) is 56.9 Å². The topological polar surface area (TPSA) is 122 Å². The van der Waals surface area contributed by atoms with E-state index in [0.29, 0.717) is 46.0 Å². The zero-order valence-corrected chi connectivity index (χ0v) is 26.7. The Morgan fingerprint density at radius 2 is 1.80 bits per heavy atom. The summed E-state index contributed by atoms with van der Waals surface area (Å²) in [5, 5.41) is 6.74. The summed E-state index contributed by atoms with van der Waals surface area (Å²) in [6.07, 6.45) is 2.84. The van der Waals surface area contributed by atoms with Crippen molar-refractivity contribution < 1.29 is 14.3 Å². The number of likely N-dealkylation sites (N-methyl/N-ethyl adjacent to an activating group) is 2. The lowest BCUT2D eigenvalue weighted by molar-refractivity contribution is -0.111. The molecule has 0 aliphatic carbocycles. The molecular weight excluding hydrogens is 558 g/mol. The zero-order valence-electron chi connectivity index (χ0n) is 26.7. The van der Waals surface area contributed by atoms with Crippen LogP contribution in [0.1, 0.15) is 36.7 Å². The number of hydrogen-bond donors (Lipinski definition) is 2. The van der Waals surface area contributed by atoms with Gasteiger partial charge >= 0.3 is 0 Å². The van der Waals surface area contributed by atoms with Crippen LogP contribution in [0, 0.1) is 6.92 Å². The number of carbonyl (C=O) groups excluding carboxylic acids is 2. The maximum Gasteiger partial charge on any atom is 0.257 e. The number of rotatable bonds is 11. The molecule has 0 spiro atoms. The van der Waals surface area contributed by atoms with Crippen LogP contribution in [0.3, 0.4) is 0 Å². The van der Waals surface area contributed by atoms with Crippen molar-refractivity contribution in [2.45, 2.75) is 27.7 Å². The second kappa shape index (κ2) is 14.9. The molecule has 2 N–H and O–H groups in total. The molecule has 0 atom stereocenters. The highest BCUT2D eigenvalue weighted by Crippen LogP contribution is 2.38. The largest absolute Gasteiger partial charge is 0.494 e. The Hall–Kier alpha value is -5.03. The van der Waals surface area contributed by atoms with Crippen LogP contribution in [0.25, 0.3) is 16.7 Å². The number of pyridine rings is 1. The van der Waals surface area contributed by atoms with Crippen LogP contribution in [-0.4, -0.2) is 72.5 Å². The van der Waals surface area contributed by atoms with Gasteiger partial charge in [0.15, 0.2) is 11.4 Å². The molecule has 0 saturated carbocycles. The minimum Gasteiger partial charge on any atom is -0.494 e. The van der Waals surface area contributed by atoms with Gasteiger partial charge in [0.25, 0.3) is 5.56 Å². The number of ketones is 1. The van der Waals surface area contributed by atoms with E-state index in [1.54, 1.807) is 43.6 Å². The fourth-order valence-corrected chi connectivity index (χ4v) is 4.45. The Morgan fingerprint density at radius 1 is 1.07 bits per heavy atom. The maximum absolute atomic E-state index is 13.2. The molecule has 0 fully saturated rings. The molecule has 0 aliphatic rings. The van der Waals surface area contributed by atoms with Gasteiger partial charge in [0.05, 0.1) is 29.9 Å². The van der Waals surface area contributed by atoms with Crippen LogP contribution in [-0.2, 0) is 4.79 Å². The number of hydrogen-bond acceptors (Lipinski definition) is 9. The summed E-state index contributed by atoms with van der Waals surface area (Å²) in [6, 6.07) is 11.9. The van der Waals surface area contributed by atoms with Gasteiger partial charge in [-0.1, -0.05) is 32.6 Å². The number of methoxy groups -OCH3 is 1. The third kappa shape index (κ3) is 7.67. The SMILES string of the molecule is C=CC(=O)Nc1cc(Nc2ncc3c(C)cc(=O)n(-c4cccc(C(C)=O)c4)c3n2)c(OC)cc1N(C)CCN(C)C.CC. The highest BCUT2D eigenvalue weighted by molar-refractivity contribution is 6.02. The Balaban J connectivity index is 0.00000259. The Kier molecular flexibility index (Phi) is 11.4. The maximum atomic E-state index is 13.2. The summed E-state index contributed by atoms with van der Waals surface area (Å²) >= 11 is 0. The molecule has 2 aromatic carbocycles. The van der Waals surface area contributed by atoms with Gasteiger partial charge in [0.2, 0.25) is 11.9 Å². The summed E-state index contributed by atoms with van der Waals surface area (Å²) < 4.78 is 7.16. The van der Waals surface area contributed by atoms with Crippen molar-refractivity contribution >= 4 is 45.7 Å². The Morgan fingerprint density at radius 3 is 2.43 bits per heavy atom. The van der Waals surface area contributed by atoms with Crippen molar-refractivity contribution in [1.82, 2.24) is 19.4 Å². The van der Waals surface area contributed by atoms with Crippen molar-refractivity contribution in [2.24, 2.45) is 0 Å². The van der Waals surface area contributed by atoms with E-state index in [9.17, 15) is 14.4 Å². The highest BCUT2D eigenvalue weighted by atomic mass is 16.5. The number of fused-ring (bicyclic) bond motifs is 1. The summed E-state index contributed by atoms with van der Waals surface area (Å²) in [6.45, 7) is 12.4. The number of anilines is 4. The molecule has 4 aromatic rings. The molecule has 2 aromatic heterocycles. The van der Waals surface area contributed by atoms with Crippen LogP contribution < -0.4 is 25.8 Å². The van der Waals surface area contributed by atoms with E-state index in [1.165, 1.54) is 23.6 Å². The normalized spacial score (nSPS) is 10.6. The molecule has 0 saturated heterocycles. The van der Waals surface area contributed by atoms with Gasteiger partial charge < -0.3 is 25.2 Å². The lowest BCUT2D eigenvalue weighted by atomic mass is 10.1. The van der Waals surface area contributed by atoms with E-state index in [0.717, 1.165) is 17.8 Å². The smallest absolute Gasteiger partial charge is 0.257 e. The minimum absolute atomic E-state index is 0.111. The molecule has 0 bridgehead atoms. The molecule has 0 aliphatic heterocycles. The van der Waals surface area contributed by atoms with Gasteiger partial charge in [0, 0.05) is 49.4 Å². The van der Waals surface area contributed by atoms with Gasteiger partial charge in [0.1, 0.15) is 5.75 Å². The molecule has 2 heterocycles. The van der Waals surface area contributed by atoms with Crippen LogP contribution in [0.15, 0.2) is 66.1 Å². The number of Topliss-reactive ketones (excluding diaryl/α,β-unsaturated/α-hetero) is 1. The number of aryl methyl sites for hydroxylation is 1. The molecule has 1 amide bonds. The summed E-state index contributed by atoms with van der Waals surface area (Å²) in [7, 11) is 7.47. The van der Waals surface area contributed by atoms with Gasteiger partial charge in [-0.3, -0.25) is 19.0 Å². The summed E-state index contributed by atoms with van der Waals surface area (Å²) in [5.74, 6) is 0.234. The van der Waals surface area contributed by atoms with Gasteiger partial charge in [-0.15, -0.1) is 0 Å². The monoisotopic (exact) mass is 599 g/mol. The van der Waals surface area contributed by atoms with E-state index in [4.69, 9.17) is 9.72 Å². The zero-order chi connectivity index (χ0) is 32.6. The third-order valence-electron chi connectivity index (χ3n) is 6.78. The van der Waals surface area contributed by atoms with E-state index in [2.05, 4.69) is 27.1 Å². The molecule has 44 heavy (non-hydrogen) atoms. The number of aromatic nitrogens is 3. The number of nitrogens with one attached hydrogen (secondary N) is 2. The van der Waals surface area contributed by atoms with Gasteiger partial charge in [-0.2, -0.15) is 4.98 Å².